The molecule has 3 aromatic rings. The lowest BCUT2D eigenvalue weighted by atomic mass is 10.2. The van der Waals surface area contributed by atoms with Gasteiger partial charge in [0.05, 0.1) is 7.11 Å². The molecule has 0 bridgehead atoms. The lowest BCUT2D eigenvalue weighted by Gasteiger charge is -2.34. The molecule has 33 heavy (non-hydrogen) atoms. The van der Waals surface area contributed by atoms with Gasteiger partial charge in [0.1, 0.15) is 6.54 Å². The zero-order chi connectivity index (χ0) is 23.6. The van der Waals surface area contributed by atoms with E-state index in [-0.39, 0.29) is 24.1 Å². The third-order valence-corrected chi connectivity index (χ3v) is 5.26. The van der Waals surface area contributed by atoms with Crippen LogP contribution in [0.2, 0.25) is 0 Å². The van der Waals surface area contributed by atoms with Gasteiger partial charge in [0.25, 0.3) is 5.91 Å². The number of fused-ring (bicyclic) bond motifs is 1. The first-order chi connectivity index (χ1) is 16.1. The number of benzene rings is 2. The van der Waals surface area contributed by atoms with Crippen LogP contribution in [0.4, 0.5) is 0 Å². The first-order valence-electron chi connectivity index (χ1n) is 11.0. The van der Waals surface area contributed by atoms with Gasteiger partial charge in [-0.25, -0.2) is 0 Å². The Morgan fingerprint density at radius 1 is 1.03 bits per heavy atom. The largest absolute Gasteiger partial charge is 0.493 e. The van der Waals surface area contributed by atoms with E-state index in [1.54, 1.807) is 24.1 Å². The van der Waals surface area contributed by atoms with Crippen LogP contribution in [0.5, 0.6) is 5.75 Å². The molecule has 2 aromatic carbocycles. The van der Waals surface area contributed by atoms with E-state index < -0.39 is 0 Å². The Bertz CT molecular complexity index is 1120. The fraction of sp³-hybridized carbons (Fsp3) is 0.259. The number of hydrogen-bond acceptors (Lipinski definition) is 4. The summed E-state index contributed by atoms with van der Waals surface area (Å²) in [6.45, 7) is 5.60. The number of methoxy groups -OCH3 is 1. The average Bonchev–Trinajstić information content (AvgIpc) is 3.29. The van der Waals surface area contributed by atoms with Crippen molar-refractivity contribution in [3.05, 3.63) is 90.2 Å². The molecule has 172 valence electrons. The molecule has 2 amide bonds. The Labute approximate surface area is 194 Å². The molecule has 6 heteroatoms. The molecule has 4 rings (SSSR count). The van der Waals surface area contributed by atoms with E-state index in [0.717, 1.165) is 10.9 Å². The smallest absolute Gasteiger partial charge is 0.290 e. The molecule has 2 heterocycles. The van der Waals surface area contributed by atoms with Gasteiger partial charge in [0, 0.05) is 25.0 Å². The summed E-state index contributed by atoms with van der Waals surface area (Å²) in [5.74, 6) is 0.460. The summed E-state index contributed by atoms with van der Waals surface area (Å²) in [4.78, 5) is 28.6. The summed E-state index contributed by atoms with van der Waals surface area (Å²) in [5, 5.41) is 0.798. The second kappa shape index (κ2) is 11.7. The van der Waals surface area contributed by atoms with Crippen LogP contribution in [0.15, 0.2) is 83.3 Å². The van der Waals surface area contributed by atoms with Crippen molar-refractivity contribution in [2.75, 3.05) is 26.7 Å². The molecule has 1 aliphatic rings. The van der Waals surface area contributed by atoms with Crippen LogP contribution >= 0.6 is 0 Å². The maximum absolute atomic E-state index is 12.8. The standard InChI is InChI=1S/C21H20N2O4.C6H10/c1-26-17-9-5-8-16-12-18(27-20(16)17)21(25)23-11-10-22(19(24)14-23)13-15-6-3-2-4-7-15;1-3-5-6-4-2/h2-9,12H,10-11,13-14H2,1H3;3-6H,1-2H3/b;5-3-,6-4-. The lowest BCUT2D eigenvalue weighted by Crippen LogP contribution is -2.51. The monoisotopic (exact) mass is 446 g/mol. The van der Waals surface area contributed by atoms with Crippen LogP contribution in [0, 0.1) is 0 Å². The number of hydrogen-bond donors (Lipinski definition) is 0. The highest BCUT2D eigenvalue weighted by molar-refractivity contribution is 5.99. The van der Waals surface area contributed by atoms with Crippen molar-refractivity contribution < 1.29 is 18.7 Å². The van der Waals surface area contributed by atoms with E-state index in [0.29, 0.717) is 31.0 Å². The molecule has 0 atom stereocenters. The van der Waals surface area contributed by atoms with E-state index >= 15 is 0 Å². The first kappa shape index (κ1) is 23.9. The summed E-state index contributed by atoms with van der Waals surface area (Å²) in [7, 11) is 1.56. The number of allylic oxidation sites excluding steroid dienone is 4. The van der Waals surface area contributed by atoms with Crippen molar-refractivity contribution in [2.24, 2.45) is 0 Å². The minimum atomic E-state index is -0.277. The van der Waals surface area contributed by atoms with Gasteiger partial charge in [0.2, 0.25) is 5.91 Å². The fourth-order valence-corrected chi connectivity index (χ4v) is 3.53. The second-order valence-corrected chi connectivity index (χ2v) is 7.57. The summed E-state index contributed by atoms with van der Waals surface area (Å²) >= 11 is 0. The predicted octanol–water partition coefficient (Wildman–Crippen LogP) is 5.06. The highest BCUT2D eigenvalue weighted by Gasteiger charge is 2.29. The Kier molecular flexibility index (Phi) is 8.47. The number of rotatable bonds is 5. The van der Waals surface area contributed by atoms with Crippen molar-refractivity contribution >= 4 is 22.8 Å². The van der Waals surface area contributed by atoms with E-state index in [1.807, 2.05) is 80.6 Å². The number of para-hydroxylation sites is 1. The molecule has 0 unspecified atom stereocenters. The predicted molar refractivity (Wildman–Crippen MR) is 130 cm³/mol. The molecule has 1 aliphatic heterocycles. The third kappa shape index (κ3) is 6.13. The molecule has 0 radical (unpaired) electrons. The lowest BCUT2D eigenvalue weighted by molar-refractivity contribution is -0.135. The van der Waals surface area contributed by atoms with Crippen LogP contribution in [-0.4, -0.2) is 48.4 Å². The summed E-state index contributed by atoms with van der Waals surface area (Å²) in [5.41, 5.74) is 1.62. The normalized spacial score (nSPS) is 14.1. The van der Waals surface area contributed by atoms with Crippen molar-refractivity contribution in [3.8, 4) is 5.75 Å². The maximum atomic E-state index is 12.8. The van der Waals surface area contributed by atoms with Gasteiger partial charge < -0.3 is 19.0 Å². The Hall–Kier alpha value is -3.80. The number of carbonyl (C=O) groups excluding carboxylic acids is 2. The number of ether oxygens (including phenoxy) is 1. The fourth-order valence-electron chi connectivity index (χ4n) is 3.53. The number of furan rings is 1. The van der Waals surface area contributed by atoms with Crippen LogP contribution in [-0.2, 0) is 11.3 Å². The molecule has 6 nitrogen and oxygen atoms in total. The number of carbonyl (C=O) groups is 2. The second-order valence-electron chi connectivity index (χ2n) is 7.57. The molecule has 0 aliphatic carbocycles. The molecule has 0 spiro atoms. The molecular formula is C27H30N2O4. The molecule has 1 fully saturated rings. The molecule has 0 N–H and O–H groups in total. The Morgan fingerprint density at radius 2 is 1.76 bits per heavy atom. The Balaban J connectivity index is 0.000000454. The Morgan fingerprint density at radius 3 is 2.39 bits per heavy atom. The van der Waals surface area contributed by atoms with Crippen molar-refractivity contribution in [3.63, 3.8) is 0 Å². The minimum Gasteiger partial charge on any atom is -0.493 e. The summed E-state index contributed by atoms with van der Waals surface area (Å²) in [6, 6.07) is 17.0. The van der Waals surface area contributed by atoms with E-state index in [2.05, 4.69) is 0 Å². The number of piperazine rings is 1. The van der Waals surface area contributed by atoms with Crippen LogP contribution in [0.3, 0.4) is 0 Å². The van der Waals surface area contributed by atoms with Gasteiger partial charge in [-0.15, -0.1) is 0 Å². The zero-order valence-electron chi connectivity index (χ0n) is 19.4. The maximum Gasteiger partial charge on any atom is 0.290 e. The van der Waals surface area contributed by atoms with Crippen molar-refractivity contribution in [1.82, 2.24) is 9.80 Å². The number of amides is 2. The summed E-state index contributed by atoms with van der Waals surface area (Å²) in [6.07, 6.45) is 8.00. The van der Waals surface area contributed by atoms with E-state index in [1.165, 1.54) is 4.90 Å². The average molecular weight is 447 g/mol. The summed E-state index contributed by atoms with van der Waals surface area (Å²) < 4.78 is 11.0. The SMILES string of the molecule is C/C=C\C=C/C.COc1cccc2cc(C(=O)N3CCN(Cc4ccccc4)C(=O)C3)oc12. The quantitative estimate of drug-likeness (QED) is 0.514. The zero-order valence-corrected chi connectivity index (χ0v) is 19.4. The topological polar surface area (TPSA) is 63.0 Å². The van der Waals surface area contributed by atoms with E-state index in [9.17, 15) is 9.59 Å². The minimum absolute atomic E-state index is 0.0554. The molecule has 0 saturated carbocycles. The van der Waals surface area contributed by atoms with Gasteiger partial charge in [-0.1, -0.05) is 66.8 Å². The van der Waals surface area contributed by atoms with E-state index in [4.69, 9.17) is 9.15 Å². The third-order valence-electron chi connectivity index (χ3n) is 5.26. The van der Waals surface area contributed by atoms with Crippen LogP contribution in [0.1, 0.15) is 30.0 Å². The van der Waals surface area contributed by atoms with Gasteiger partial charge in [-0.2, -0.15) is 0 Å². The van der Waals surface area contributed by atoms with Gasteiger partial charge in [-0.3, -0.25) is 9.59 Å². The molecular weight excluding hydrogens is 416 g/mol. The van der Waals surface area contributed by atoms with Crippen molar-refractivity contribution in [1.29, 1.82) is 0 Å². The van der Waals surface area contributed by atoms with Crippen LogP contribution < -0.4 is 4.74 Å². The van der Waals surface area contributed by atoms with Crippen molar-refractivity contribution in [2.45, 2.75) is 20.4 Å². The van der Waals surface area contributed by atoms with Crippen LogP contribution in [0.25, 0.3) is 11.0 Å². The highest BCUT2D eigenvalue weighted by atomic mass is 16.5. The van der Waals surface area contributed by atoms with Gasteiger partial charge in [0.15, 0.2) is 17.1 Å². The number of nitrogens with zero attached hydrogens (tertiary/aromatic N) is 2. The molecule has 1 saturated heterocycles. The van der Waals surface area contributed by atoms with Gasteiger partial charge in [-0.05, 0) is 31.5 Å². The van der Waals surface area contributed by atoms with Gasteiger partial charge >= 0.3 is 0 Å². The first-order valence-corrected chi connectivity index (χ1v) is 11.0. The highest BCUT2D eigenvalue weighted by Crippen LogP contribution is 2.29. The molecule has 1 aromatic heterocycles.